The number of para-hydroxylation sites is 2. The average Bonchev–Trinajstić information content (AvgIpc) is 3.08. The van der Waals surface area contributed by atoms with Gasteiger partial charge in [-0.1, -0.05) is 12.1 Å². The number of amides is 1. The monoisotopic (exact) mass is 325 g/mol. The van der Waals surface area contributed by atoms with Crippen molar-refractivity contribution in [3.8, 4) is 16.3 Å². The van der Waals surface area contributed by atoms with Crippen LogP contribution in [-0.4, -0.2) is 22.5 Å². The first-order chi connectivity index (χ1) is 11.3. The van der Waals surface area contributed by atoms with Crippen LogP contribution in [0.25, 0.3) is 10.6 Å². The number of pyridine rings is 1. The van der Waals surface area contributed by atoms with Crippen LogP contribution in [0.1, 0.15) is 17.4 Å². The molecule has 0 atom stereocenters. The van der Waals surface area contributed by atoms with E-state index in [1.807, 2.05) is 37.3 Å². The predicted molar refractivity (Wildman–Crippen MR) is 90.9 cm³/mol. The summed E-state index contributed by atoms with van der Waals surface area (Å²) in [6.07, 6.45) is 3.43. The Morgan fingerprint density at radius 3 is 2.91 bits per heavy atom. The Bertz CT molecular complexity index is 802. The maximum Gasteiger partial charge on any atom is 0.275 e. The zero-order valence-electron chi connectivity index (χ0n) is 12.5. The maximum atomic E-state index is 12.4. The van der Waals surface area contributed by atoms with Crippen LogP contribution in [0.4, 0.5) is 5.69 Å². The van der Waals surface area contributed by atoms with Gasteiger partial charge in [-0.15, -0.1) is 11.3 Å². The van der Waals surface area contributed by atoms with Gasteiger partial charge in [0.15, 0.2) is 0 Å². The molecule has 0 radical (unpaired) electrons. The molecule has 3 rings (SSSR count). The van der Waals surface area contributed by atoms with Crippen LogP contribution in [0.15, 0.2) is 54.2 Å². The van der Waals surface area contributed by atoms with E-state index in [0.717, 1.165) is 10.6 Å². The smallest absolute Gasteiger partial charge is 0.275 e. The Kier molecular flexibility index (Phi) is 4.63. The van der Waals surface area contributed by atoms with E-state index < -0.39 is 0 Å². The lowest BCUT2D eigenvalue weighted by molar-refractivity contribution is 0.102. The van der Waals surface area contributed by atoms with Gasteiger partial charge in [0, 0.05) is 23.3 Å². The number of aromatic nitrogens is 2. The summed E-state index contributed by atoms with van der Waals surface area (Å²) in [6, 6.07) is 11.1. The molecular weight excluding hydrogens is 310 g/mol. The van der Waals surface area contributed by atoms with Crippen LogP contribution in [0.2, 0.25) is 0 Å². The van der Waals surface area contributed by atoms with Crippen molar-refractivity contribution in [2.45, 2.75) is 6.92 Å². The number of carbonyl (C=O) groups is 1. The van der Waals surface area contributed by atoms with E-state index in [2.05, 4.69) is 15.3 Å². The van der Waals surface area contributed by atoms with Gasteiger partial charge in [0.1, 0.15) is 16.5 Å². The molecule has 1 amide bonds. The molecule has 2 aromatic heterocycles. The summed E-state index contributed by atoms with van der Waals surface area (Å²) in [5, 5.41) is 5.34. The largest absolute Gasteiger partial charge is 0.492 e. The van der Waals surface area contributed by atoms with E-state index in [1.54, 1.807) is 23.8 Å². The van der Waals surface area contributed by atoms with Gasteiger partial charge in [-0.2, -0.15) is 0 Å². The van der Waals surface area contributed by atoms with Gasteiger partial charge in [0.2, 0.25) is 0 Å². The molecule has 0 spiro atoms. The molecule has 2 heterocycles. The number of hydrogen-bond donors (Lipinski definition) is 1. The summed E-state index contributed by atoms with van der Waals surface area (Å²) >= 11 is 1.41. The molecule has 116 valence electrons. The van der Waals surface area contributed by atoms with Crippen molar-refractivity contribution in [2.75, 3.05) is 11.9 Å². The van der Waals surface area contributed by atoms with Gasteiger partial charge in [-0.05, 0) is 31.2 Å². The highest BCUT2D eigenvalue weighted by Crippen LogP contribution is 2.26. The molecule has 23 heavy (non-hydrogen) atoms. The third-order valence-corrected chi connectivity index (χ3v) is 3.97. The highest BCUT2D eigenvalue weighted by atomic mass is 32.1. The first kappa shape index (κ1) is 15.2. The number of nitrogens with one attached hydrogen (secondary N) is 1. The zero-order valence-corrected chi connectivity index (χ0v) is 13.3. The van der Waals surface area contributed by atoms with Crippen molar-refractivity contribution in [1.29, 1.82) is 0 Å². The number of anilines is 1. The maximum absolute atomic E-state index is 12.4. The van der Waals surface area contributed by atoms with E-state index in [4.69, 9.17) is 4.74 Å². The second-order valence-electron chi connectivity index (χ2n) is 4.66. The lowest BCUT2D eigenvalue weighted by Gasteiger charge is -2.10. The minimum atomic E-state index is -0.261. The minimum Gasteiger partial charge on any atom is -0.492 e. The van der Waals surface area contributed by atoms with Gasteiger partial charge < -0.3 is 10.1 Å². The van der Waals surface area contributed by atoms with Gasteiger partial charge >= 0.3 is 0 Å². The molecule has 0 unspecified atom stereocenters. The average molecular weight is 325 g/mol. The van der Waals surface area contributed by atoms with Crippen LogP contribution < -0.4 is 10.1 Å². The third kappa shape index (κ3) is 3.54. The number of benzene rings is 1. The van der Waals surface area contributed by atoms with Crippen molar-refractivity contribution in [3.63, 3.8) is 0 Å². The normalized spacial score (nSPS) is 10.3. The van der Waals surface area contributed by atoms with Crippen LogP contribution in [0, 0.1) is 0 Å². The second-order valence-corrected chi connectivity index (χ2v) is 5.52. The van der Waals surface area contributed by atoms with E-state index in [0.29, 0.717) is 23.7 Å². The topological polar surface area (TPSA) is 64.1 Å². The molecule has 1 N–H and O–H groups in total. The Morgan fingerprint density at radius 2 is 2.13 bits per heavy atom. The van der Waals surface area contributed by atoms with E-state index in [9.17, 15) is 4.79 Å². The number of nitrogens with zero attached hydrogens (tertiary/aromatic N) is 2. The fourth-order valence-electron chi connectivity index (χ4n) is 2.04. The van der Waals surface area contributed by atoms with Gasteiger partial charge in [-0.25, -0.2) is 4.98 Å². The number of rotatable bonds is 5. The lowest BCUT2D eigenvalue weighted by atomic mass is 10.3. The van der Waals surface area contributed by atoms with Crippen molar-refractivity contribution in [1.82, 2.24) is 9.97 Å². The molecule has 0 aliphatic carbocycles. The lowest BCUT2D eigenvalue weighted by Crippen LogP contribution is -2.13. The van der Waals surface area contributed by atoms with Crippen molar-refractivity contribution in [2.24, 2.45) is 0 Å². The molecule has 0 saturated heterocycles. The van der Waals surface area contributed by atoms with Gasteiger partial charge in [0.05, 0.1) is 12.3 Å². The number of thiazole rings is 1. The molecule has 0 saturated carbocycles. The minimum absolute atomic E-state index is 0.261. The summed E-state index contributed by atoms with van der Waals surface area (Å²) in [6.45, 7) is 2.44. The van der Waals surface area contributed by atoms with Gasteiger partial charge in [0.25, 0.3) is 5.91 Å². The summed E-state index contributed by atoms with van der Waals surface area (Å²) in [5.74, 6) is 0.384. The molecule has 6 heteroatoms. The summed E-state index contributed by atoms with van der Waals surface area (Å²) in [4.78, 5) is 20.8. The standard InChI is InChI=1S/C17H15N3O2S/c1-2-22-15-8-4-3-7-13(15)19-16(21)14-11-23-17(20-14)12-6-5-9-18-10-12/h3-11H,2H2,1H3,(H,19,21). The van der Waals surface area contributed by atoms with Crippen LogP contribution in [0.5, 0.6) is 5.75 Å². The molecule has 0 fully saturated rings. The second kappa shape index (κ2) is 7.02. The van der Waals surface area contributed by atoms with Crippen molar-refractivity contribution < 1.29 is 9.53 Å². The molecule has 0 bridgehead atoms. The zero-order chi connectivity index (χ0) is 16.1. The summed E-state index contributed by atoms with van der Waals surface area (Å²) < 4.78 is 5.51. The summed E-state index contributed by atoms with van der Waals surface area (Å²) in [5.41, 5.74) is 1.90. The molecule has 1 aromatic carbocycles. The molecule has 0 aliphatic rings. The highest BCUT2D eigenvalue weighted by Gasteiger charge is 2.14. The van der Waals surface area contributed by atoms with E-state index >= 15 is 0 Å². The summed E-state index contributed by atoms with van der Waals surface area (Å²) in [7, 11) is 0. The number of ether oxygens (including phenoxy) is 1. The number of carbonyl (C=O) groups excluding carboxylic acids is 1. The van der Waals surface area contributed by atoms with Gasteiger partial charge in [-0.3, -0.25) is 9.78 Å². The van der Waals surface area contributed by atoms with Crippen LogP contribution in [0.3, 0.4) is 0 Å². The van der Waals surface area contributed by atoms with Crippen LogP contribution >= 0.6 is 11.3 Å². The quantitative estimate of drug-likeness (QED) is 0.774. The van der Waals surface area contributed by atoms with E-state index in [-0.39, 0.29) is 5.91 Å². The van der Waals surface area contributed by atoms with E-state index in [1.165, 1.54) is 11.3 Å². The van der Waals surface area contributed by atoms with Crippen LogP contribution in [-0.2, 0) is 0 Å². The SMILES string of the molecule is CCOc1ccccc1NC(=O)c1csc(-c2cccnc2)n1. The Hall–Kier alpha value is -2.73. The fourth-order valence-corrected chi connectivity index (χ4v) is 2.83. The highest BCUT2D eigenvalue weighted by molar-refractivity contribution is 7.13. The Labute approximate surface area is 138 Å². The Morgan fingerprint density at radius 1 is 1.26 bits per heavy atom. The first-order valence-corrected chi connectivity index (χ1v) is 8.05. The first-order valence-electron chi connectivity index (χ1n) is 7.17. The van der Waals surface area contributed by atoms with Crippen molar-refractivity contribution in [3.05, 3.63) is 59.9 Å². The molecule has 5 nitrogen and oxygen atoms in total. The number of hydrogen-bond acceptors (Lipinski definition) is 5. The predicted octanol–water partition coefficient (Wildman–Crippen LogP) is 3.86. The fraction of sp³-hybridized carbons (Fsp3) is 0.118. The molecule has 0 aliphatic heterocycles. The third-order valence-electron chi connectivity index (χ3n) is 3.08. The Balaban J connectivity index is 1.78. The molecular formula is C17H15N3O2S. The molecule has 3 aromatic rings. The van der Waals surface area contributed by atoms with Crippen molar-refractivity contribution >= 4 is 22.9 Å².